The van der Waals surface area contributed by atoms with Crippen LogP contribution in [0.2, 0.25) is 0 Å². The number of benzene rings is 1. The molecule has 1 saturated heterocycles. The smallest absolute Gasteiger partial charge is 0.394 e. The third-order valence-electron chi connectivity index (χ3n) is 4.52. The number of aliphatic hydroxyl groups excluding tert-OH is 1. The number of aryl methyl sites for hydroxylation is 1. The molecule has 0 aliphatic carbocycles. The van der Waals surface area contributed by atoms with Gasteiger partial charge in [0, 0.05) is 6.42 Å². The zero-order valence-corrected chi connectivity index (χ0v) is 14.1. The van der Waals surface area contributed by atoms with Crippen molar-refractivity contribution < 1.29 is 28.7 Å². The largest absolute Gasteiger partial charge is 0.469 e. The minimum absolute atomic E-state index is 0.305. The summed E-state index contributed by atoms with van der Waals surface area (Å²) in [5, 5.41) is 9.36. The maximum Gasteiger partial charge on any atom is 0.469 e. The third-order valence-corrected chi connectivity index (χ3v) is 5.07. The van der Waals surface area contributed by atoms with E-state index in [9.17, 15) is 9.67 Å². The number of hydrogen-bond donors (Lipinski definition) is 3. The van der Waals surface area contributed by atoms with Crippen molar-refractivity contribution in [3.8, 4) is 0 Å². The van der Waals surface area contributed by atoms with Crippen LogP contribution in [0.3, 0.4) is 0 Å². The van der Waals surface area contributed by atoms with Gasteiger partial charge in [-0.3, -0.25) is 4.52 Å². The summed E-state index contributed by atoms with van der Waals surface area (Å²) in [5.74, 6) is 0. The average Bonchev–Trinajstić information content (AvgIpc) is 2.81. The zero-order chi connectivity index (χ0) is 16.7. The van der Waals surface area contributed by atoms with Crippen LogP contribution in [0.4, 0.5) is 0 Å². The molecule has 0 radical (unpaired) electrons. The third kappa shape index (κ3) is 3.59. The first-order valence-corrected chi connectivity index (χ1v) is 8.74. The molecule has 3 atom stereocenters. The Morgan fingerprint density at radius 3 is 2.41 bits per heavy atom. The molecule has 1 heterocycles. The van der Waals surface area contributed by atoms with Crippen molar-refractivity contribution in [2.24, 2.45) is 0 Å². The number of phosphoric ester groups is 1. The topological polar surface area (TPSA) is 96.2 Å². The number of hydrogen-bond acceptors (Lipinski definition) is 4. The first kappa shape index (κ1) is 17.6. The van der Waals surface area contributed by atoms with Crippen LogP contribution >= 0.6 is 7.82 Å². The number of aliphatic hydroxyl groups is 1. The molecular formula is C15H23O6P. The van der Waals surface area contributed by atoms with Crippen molar-refractivity contribution in [3.05, 3.63) is 33.9 Å². The lowest BCUT2D eigenvalue weighted by atomic mass is 9.91. The molecule has 0 spiro atoms. The molecule has 1 fully saturated rings. The van der Waals surface area contributed by atoms with Crippen LogP contribution in [0, 0.1) is 27.7 Å². The Bertz CT molecular complexity index is 609. The van der Waals surface area contributed by atoms with E-state index in [4.69, 9.17) is 19.0 Å². The minimum Gasteiger partial charge on any atom is -0.394 e. The summed E-state index contributed by atoms with van der Waals surface area (Å²) in [6.07, 6.45) is -1.60. The van der Waals surface area contributed by atoms with Gasteiger partial charge in [0.1, 0.15) is 12.2 Å². The van der Waals surface area contributed by atoms with E-state index < -0.39 is 20.0 Å². The molecule has 0 saturated carbocycles. The maximum atomic E-state index is 11.0. The Morgan fingerprint density at radius 1 is 1.23 bits per heavy atom. The van der Waals surface area contributed by atoms with E-state index in [0.717, 1.165) is 16.7 Å². The molecule has 3 N–H and O–H groups in total. The van der Waals surface area contributed by atoms with E-state index in [0.29, 0.717) is 6.42 Å². The van der Waals surface area contributed by atoms with Gasteiger partial charge in [-0.2, -0.15) is 0 Å². The SMILES string of the molecule is Cc1cc([C@H]2C[C@H](OP(=O)(O)O)[C@@H](CO)O2)c(C)c(C)c1C. The lowest BCUT2D eigenvalue weighted by Crippen LogP contribution is -2.26. The second kappa shape index (κ2) is 6.40. The van der Waals surface area contributed by atoms with Crippen LogP contribution < -0.4 is 0 Å². The van der Waals surface area contributed by atoms with Crippen molar-refractivity contribution in [1.82, 2.24) is 0 Å². The van der Waals surface area contributed by atoms with Gasteiger partial charge in [-0.25, -0.2) is 4.57 Å². The van der Waals surface area contributed by atoms with Gasteiger partial charge in [-0.1, -0.05) is 6.07 Å². The molecule has 7 heteroatoms. The highest BCUT2D eigenvalue weighted by atomic mass is 31.2. The van der Waals surface area contributed by atoms with Crippen molar-refractivity contribution >= 4 is 7.82 Å². The minimum atomic E-state index is -4.61. The van der Waals surface area contributed by atoms with Gasteiger partial charge in [0.15, 0.2) is 0 Å². The Labute approximate surface area is 130 Å². The maximum absolute atomic E-state index is 11.0. The predicted molar refractivity (Wildman–Crippen MR) is 81.6 cm³/mol. The number of rotatable bonds is 4. The highest BCUT2D eigenvalue weighted by Crippen LogP contribution is 2.45. The summed E-state index contributed by atoms with van der Waals surface area (Å²) < 4.78 is 21.6. The molecule has 1 aliphatic rings. The summed E-state index contributed by atoms with van der Waals surface area (Å²) in [6.45, 7) is 7.79. The molecule has 0 amide bonds. The van der Waals surface area contributed by atoms with Gasteiger partial charge in [-0.15, -0.1) is 0 Å². The summed E-state index contributed by atoms with van der Waals surface area (Å²) in [5.41, 5.74) is 5.62. The number of ether oxygens (including phenoxy) is 1. The van der Waals surface area contributed by atoms with E-state index in [1.54, 1.807) is 0 Å². The quantitative estimate of drug-likeness (QED) is 0.733. The van der Waals surface area contributed by atoms with Gasteiger partial charge in [0.05, 0.1) is 12.7 Å². The highest BCUT2D eigenvalue weighted by molar-refractivity contribution is 7.46. The standard InChI is InChI=1S/C15H23O6P/c1-8-5-12(11(4)10(3)9(8)2)13-6-14(15(7-16)20-13)21-22(17,18)19/h5,13-16H,6-7H2,1-4H3,(H2,17,18,19)/t13-,14+,15-/m1/s1. The summed E-state index contributed by atoms with van der Waals surface area (Å²) in [7, 11) is -4.61. The molecule has 1 aromatic carbocycles. The average molecular weight is 330 g/mol. The Hall–Kier alpha value is -0.750. The fraction of sp³-hybridized carbons (Fsp3) is 0.600. The Kier molecular flexibility index (Phi) is 5.12. The molecule has 1 aromatic rings. The van der Waals surface area contributed by atoms with Gasteiger partial charge in [0.25, 0.3) is 0 Å². The fourth-order valence-corrected chi connectivity index (χ4v) is 3.52. The van der Waals surface area contributed by atoms with E-state index >= 15 is 0 Å². The van der Waals surface area contributed by atoms with Crippen molar-refractivity contribution in [1.29, 1.82) is 0 Å². The molecule has 0 unspecified atom stereocenters. The van der Waals surface area contributed by atoms with Gasteiger partial charge >= 0.3 is 7.82 Å². The van der Waals surface area contributed by atoms with E-state index in [2.05, 4.69) is 6.92 Å². The van der Waals surface area contributed by atoms with Crippen LogP contribution in [0.5, 0.6) is 0 Å². The van der Waals surface area contributed by atoms with Crippen LogP contribution in [-0.4, -0.2) is 33.7 Å². The van der Waals surface area contributed by atoms with Gasteiger partial charge in [0.2, 0.25) is 0 Å². The Morgan fingerprint density at radius 2 is 1.86 bits per heavy atom. The van der Waals surface area contributed by atoms with Crippen LogP contribution in [-0.2, 0) is 13.8 Å². The highest BCUT2D eigenvalue weighted by Gasteiger charge is 2.40. The molecule has 1 aliphatic heterocycles. The second-order valence-corrected chi connectivity index (χ2v) is 7.07. The molecular weight excluding hydrogens is 307 g/mol. The van der Waals surface area contributed by atoms with E-state index in [-0.39, 0.29) is 12.7 Å². The summed E-state index contributed by atoms with van der Waals surface area (Å²) >= 11 is 0. The molecule has 22 heavy (non-hydrogen) atoms. The molecule has 124 valence electrons. The first-order chi connectivity index (χ1) is 10.1. The molecule has 0 aromatic heterocycles. The van der Waals surface area contributed by atoms with E-state index in [1.165, 1.54) is 11.1 Å². The Balaban J connectivity index is 2.30. The second-order valence-electron chi connectivity index (χ2n) is 5.87. The molecule has 6 nitrogen and oxygen atoms in total. The zero-order valence-electron chi connectivity index (χ0n) is 13.2. The van der Waals surface area contributed by atoms with Crippen molar-refractivity contribution in [2.75, 3.05) is 6.61 Å². The monoisotopic (exact) mass is 330 g/mol. The molecule has 0 bridgehead atoms. The summed E-state index contributed by atoms with van der Waals surface area (Å²) in [4.78, 5) is 18.0. The van der Waals surface area contributed by atoms with Crippen LogP contribution in [0.25, 0.3) is 0 Å². The normalized spacial score (nSPS) is 25.7. The van der Waals surface area contributed by atoms with Crippen molar-refractivity contribution in [2.45, 2.75) is 52.4 Å². The van der Waals surface area contributed by atoms with Crippen LogP contribution in [0.1, 0.15) is 40.3 Å². The van der Waals surface area contributed by atoms with Crippen LogP contribution in [0.15, 0.2) is 6.07 Å². The fourth-order valence-electron chi connectivity index (χ4n) is 2.94. The van der Waals surface area contributed by atoms with Gasteiger partial charge in [-0.05, 0) is 55.5 Å². The lowest BCUT2D eigenvalue weighted by Gasteiger charge is -2.19. The predicted octanol–water partition coefficient (Wildman–Crippen LogP) is 2.22. The summed E-state index contributed by atoms with van der Waals surface area (Å²) in [6, 6.07) is 2.04. The number of phosphoric acid groups is 1. The van der Waals surface area contributed by atoms with Gasteiger partial charge < -0.3 is 19.6 Å². The van der Waals surface area contributed by atoms with Crippen molar-refractivity contribution in [3.63, 3.8) is 0 Å². The molecule has 2 rings (SSSR count). The lowest BCUT2D eigenvalue weighted by molar-refractivity contribution is -0.0223. The first-order valence-electron chi connectivity index (χ1n) is 7.21. The van der Waals surface area contributed by atoms with E-state index in [1.807, 2.05) is 26.8 Å².